The number of esters is 1. The van der Waals surface area contributed by atoms with Gasteiger partial charge >= 0.3 is 5.97 Å². The van der Waals surface area contributed by atoms with Crippen LogP contribution in [0.4, 0.5) is 5.69 Å². The highest BCUT2D eigenvalue weighted by Crippen LogP contribution is 2.22. The average molecular weight is 304 g/mol. The van der Waals surface area contributed by atoms with Crippen LogP contribution in [0.5, 0.6) is 0 Å². The molecule has 0 aliphatic rings. The largest absolute Gasteiger partial charge is 0.465 e. The quantitative estimate of drug-likeness (QED) is 0.416. The molecule has 20 heavy (non-hydrogen) atoms. The van der Waals surface area contributed by atoms with Crippen molar-refractivity contribution in [3.8, 4) is 0 Å². The lowest BCUT2D eigenvalue weighted by atomic mass is 10.2. The van der Waals surface area contributed by atoms with Crippen LogP contribution in [-0.2, 0) is 14.8 Å². The van der Waals surface area contributed by atoms with E-state index < -0.39 is 43.7 Å². The number of hydrogen-bond acceptors (Lipinski definition) is 7. The Morgan fingerprint density at radius 1 is 1.50 bits per heavy atom. The van der Waals surface area contributed by atoms with Crippen molar-refractivity contribution in [2.45, 2.75) is 4.90 Å². The van der Waals surface area contributed by atoms with E-state index in [-0.39, 0.29) is 6.54 Å². The van der Waals surface area contributed by atoms with Gasteiger partial charge in [0, 0.05) is 18.7 Å². The highest BCUT2D eigenvalue weighted by molar-refractivity contribution is 7.89. The molecule has 2 N–H and O–H groups in total. The number of non-ortho nitro benzene ring substituents is 1. The molecule has 0 saturated heterocycles. The molecule has 0 aliphatic carbocycles. The van der Waals surface area contributed by atoms with E-state index in [1.807, 2.05) is 4.72 Å². The van der Waals surface area contributed by atoms with Crippen molar-refractivity contribution in [1.82, 2.24) is 4.72 Å². The number of benzene rings is 1. The molecular formula is C10H12N2O7S. The Hall–Kier alpha value is -2.04. The van der Waals surface area contributed by atoms with Gasteiger partial charge in [-0.2, -0.15) is 0 Å². The van der Waals surface area contributed by atoms with Gasteiger partial charge in [0.15, 0.2) is 0 Å². The highest BCUT2D eigenvalue weighted by Gasteiger charge is 2.25. The monoisotopic (exact) mass is 304 g/mol. The fourth-order valence-electron chi connectivity index (χ4n) is 1.39. The lowest BCUT2D eigenvalue weighted by molar-refractivity contribution is -0.384. The summed E-state index contributed by atoms with van der Waals surface area (Å²) >= 11 is 0. The second kappa shape index (κ2) is 6.41. The van der Waals surface area contributed by atoms with Crippen LogP contribution in [-0.4, -0.2) is 44.7 Å². The molecule has 9 nitrogen and oxygen atoms in total. The van der Waals surface area contributed by atoms with E-state index in [0.29, 0.717) is 0 Å². The number of nitrogens with zero attached hydrogens (tertiary/aromatic N) is 1. The van der Waals surface area contributed by atoms with E-state index in [1.165, 1.54) is 0 Å². The average Bonchev–Trinajstić information content (AvgIpc) is 2.43. The number of rotatable bonds is 6. The molecule has 1 aromatic carbocycles. The number of nitrogens with one attached hydrogen (secondary N) is 1. The molecule has 110 valence electrons. The molecule has 0 aliphatic heterocycles. The second-order valence-electron chi connectivity index (χ2n) is 3.55. The fourth-order valence-corrected chi connectivity index (χ4v) is 2.59. The predicted molar refractivity (Wildman–Crippen MR) is 66.7 cm³/mol. The number of sulfonamides is 1. The van der Waals surface area contributed by atoms with Gasteiger partial charge in [-0.3, -0.25) is 10.1 Å². The van der Waals surface area contributed by atoms with Crippen molar-refractivity contribution in [3.05, 3.63) is 33.9 Å². The van der Waals surface area contributed by atoms with Crippen LogP contribution in [0.15, 0.2) is 23.1 Å². The number of methoxy groups -OCH3 is 1. The van der Waals surface area contributed by atoms with Gasteiger partial charge in [0.1, 0.15) is 0 Å². The lowest BCUT2D eigenvalue weighted by Gasteiger charge is -2.09. The first-order valence-electron chi connectivity index (χ1n) is 5.30. The van der Waals surface area contributed by atoms with Crippen LogP contribution in [0, 0.1) is 10.1 Å². The summed E-state index contributed by atoms with van der Waals surface area (Å²) < 4.78 is 30.3. The van der Waals surface area contributed by atoms with E-state index in [4.69, 9.17) is 5.11 Å². The topological polar surface area (TPSA) is 136 Å². The number of carbonyl (C=O) groups is 1. The summed E-state index contributed by atoms with van der Waals surface area (Å²) in [5, 5.41) is 19.3. The SMILES string of the molecule is COC(=O)c1cc([N+](=O)[O-])ccc1S(=O)(=O)NCCO. The highest BCUT2D eigenvalue weighted by atomic mass is 32.2. The maximum atomic E-state index is 11.9. The van der Waals surface area contributed by atoms with Crippen molar-refractivity contribution < 1.29 is 28.0 Å². The van der Waals surface area contributed by atoms with E-state index in [9.17, 15) is 23.3 Å². The summed E-state index contributed by atoms with van der Waals surface area (Å²) in [5.41, 5.74) is -0.890. The minimum Gasteiger partial charge on any atom is -0.465 e. The van der Waals surface area contributed by atoms with Gasteiger partial charge in [0.2, 0.25) is 10.0 Å². The third kappa shape index (κ3) is 3.50. The Balaban J connectivity index is 3.39. The van der Waals surface area contributed by atoms with E-state index in [0.717, 1.165) is 25.3 Å². The van der Waals surface area contributed by atoms with Crippen molar-refractivity contribution in [1.29, 1.82) is 0 Å². The normalized spacial score (nSPS) is 11.1. The summed E-state index contributed by atoms with van der Waals surface area (Å²) in [4.78, 5) is 21.0. The molecule has 0 saturated carbocycles. The van der Waals surface area contributed by atoms with Crippen LogP contribution in [0.1, 0.15) is 10.4 Å². The Bertz CT molecular complexity index is 626. The minimum absolute atomic E-state index is 0.250. The summed E-state index contributed by atoms with van der Waals surface area (Å²) in [6.45, 7) is -0.681. The van der Waals surface area contributed by atoms with E-state index >= 15 is 0 Å². The zero-order chi connectivity index (χ0) is 15.3. The molecule has 0 aromatic heterocycles. The van der Waals surface area contributed by atoms with Crippen molar-refractivity contribution in [3.63, 3.8) is 0 Å². The number of carbonyl (C=O) groups excluding carboxylic acids is 1. The minimum atomic E-state index is -4.08. The molecule has 0 amide bonds. The summed E-state index contributed by atoms with van der Waals surface area (Å²) in [7, 11) is -3.06. The molecule has 10 heteroatoms. The van der Waals surface area contributed by atoms with Gasteiger partial charge in [-0.15, -0.1) is 0 Å². The van der Waals surface area contributed by atoms with Crippen molar-refractivity contribution in [2.24, 2.45) is 0 Å². The van der Waals surface area contributed by atoms with E-state index in [1.54, 1.807) is 0 Å². The second-order valence-corrected chi connectivity index (χ2v) is 5.29. The molecule has 0 radical (unpaired) electrons. The smallest absolute Gasteiger partial charge is 0.339 e. The molecular weight excluding hydrogens is 292 g/mol. The Kier molecular flexibility index (Phi) is 5.13. The Labute approximate surface area is 114 Å². The molecule has 0 heterocycles. The van der Waals surface area contributed by atoms with Crippen LogP contribution in [0.3, 0.4) is 0 Å². The standard InChI is InChI=1S/C10H12N2O7S/c1-19-10(14)8-6-7(12(15)16)2-3-9(8)20(17,18)11-4-5-13/h2-3,6,11,13H,4-5H2,1H3. The Morgan fingerprint density at radius 3 is 2.65 bits per heavy atom. The zero-order valence-electron chi connectivity index (χ0n) is 10.4. The van der Waals surface area contributed by atoms with Gasteiger partial charge in [-0.25, -0.2) is 17.9 Å². The first kappa shape index (κ1) is 16.0. The first-order valence-corrected chi connectivity index (χ1v) is 6.79. The molecule has 0 spiro atoms. The van der Waals surface area contributed by atoms with Crippen molar-refractivity contribution >= 4 is 21.7 Å². The Morgan fingerprint density at radius 2 is 2.15 bits per heavy atom. The van der Waals surface area contributed by atoms with Crippen LogP contribution >= 0.6 is 0 Å². The van der Waals surface area contributed by atoms with Gasteiger partial charge in [0.05, 0.1) is 29.1 Å². The van der Waals surface area contributed by atoms with Gasteiger partial charge in [0.25, 0.3) is 5.69 Å². The molecule has 0 atom stereocenters. The molecule has 1 aromatic rings. The molecule has 0 fully saturated rings. The molecule has 0 bridgehead atoms. The van der Waals surface area contributed by atoms with E-state index in [2.05, 4.69) is 4.74 Å². The number of ether oxygens (including phenoxy) is 1. The summed E-state index contributed by atoms with van der Waals surface area (Å²) in [6.07, 6.45) is 0. The number of aliphatic hydroxyl groups is 1. The summed E-state index contributed by atoms with van der Waals surface area (Å²) in [5.74, 6) is -1.02. The molecule has 0 unspecified atom stereocenters. The number of nitro benzene ring substituents is 1. The van der Waals surface area contributed by atoms with Crippen LogP contribution in [0.2, 0.25) is 0 Å². The third-order valence-corrected chi connectivity index (χ3v) is 3.79. The maximum Gasteiger partial charge on any atom is 0.339 e. The zero-order valence-corrected chi connectivity index (χ0v) is 11.2. The number of nitro groups is 1. The third-order valence-electron chi connectivity index (χ3n) is 2.27. The lowest BCUT2D eigenvalue weighted by Crippen LogP contribution is -2.28. The predicted octanol–water partition coefficient (Wildman–Crippen LogP) is -0.348. The van der Waals surface area contributed by atoms with Crippen LogP contribution < -0.4 is 4.72 Å². The van der Waals surface area contributed by atoms with Gasteiger partial charge in [-0.1, -0.05) is 0 Å². The fraction of sp³-hybridized carbons (Fsp3) is 0.300. The van der Waals surface area contributed by atoms with Gasteiger partial charge in [-0.05, 0) is 6.07 Å². The molecule has 1 rings (SSSR count). The number of aliphatic hydroxyl groups excluding tert-OH is 1. The van der Waals surface area contributed by atoms with Crippen LogP contribution in [0.25, 0.3) is 0 Å². The van der Waals surface area contributed by atoms with Crippen molar-refractivity contribution in [2.75, 3.05) is 20.3 Å². The van der Waals surface area contributed by atoms with Gasteiger partial charge < -0.3 is 9.84 Å². The maximum absolute atomic E-state index is 11.9. The number of hydrogen-bond donors (Lipinski definition) is 2. The summed E-state index contributed by atoms with van der Waals surface area (Å²) in [6, 6.07) is 2.71. The first-order chi connectivity index (χ1) is 9.33.